The van der Waals surface area contributed by atoms with E-state index < -0.39 is 25.8 Å². The molecule has 0 aliphatic carbocycles. The summed E-state index contributed by atoms with van der Waals surface area (Å²) in [4.78, 5) is 11.1. The van der Waals surface area contributed by atoms with E-state index in [4.69, 9.17) is 18.5 Å². The van der Waals surface area contributed by atoms with Crippen molar-refractivity contribution >= 4 is 17.6 Å². The lowest BCUT2D eigenvalue weighted by Gasteiger charge is -2.08. The zero-order valence-corrected chi connectivity index (χ0v) is 6.11. The minimum Gasteiger partial charge on any atom is -0.337 e. The summed E-state index contributed by atoms with van der Waals surface area (Å²) in [6.07, 6.45) is 0. The number of halogens is 1. The van der Waals surface area contributed by atoms with E-state index in [1.807, 2.05) is 5.32 Å². The molecular weight excluding hydrogens is 152 g/mol. The number of carbonyl (C=O) groups excluding carboxylic acids is 1. The Hall–Kier alpha value is -0.440. The molecule has 0 aromatic carbocycles. The Morgan fingerprint density at radius 1 is 1.90 bits per heavy atom. The van der Waals surface area contributed by atoms with Crippen molar-refractivity contribution in [3.8, 4) is 0 Å². The summed E-state index contributed by atoms with van der Waals surface area (Å²) in [6, 6.07) is -2.24. The molecular formula is C6H13ClN2O. The van der Waals surface area contributed by atoms with Crippen LogP contribution >= 0.6 is 11.6 Å². The number of carbonyl (C=O) groups is 1. The van der Waals surface area contributed by atoms with E-state index in [-0.39, 0.29) is 12.4 Å². The maximum Gasteiger partial charge on any atom is 0.315 e. The van der Waals surface area contributed by atoms with Crippen LogP contribution in [-0.4, -0.2) is 24.5 Å². The molecule has 0 fully saturated rings. The summed E-state index contributed by atoms with van der Waals surface area (Å²) in [5.41, 5.74) is 0. The van der Waals surface area contributed by atoms with Gasteiger partial charge in [-0.25, -0.2) is 4.79 Å². The molecule has 2 N–H and O–H groups in total. The van der Waals surface area contributed by atoms with Crippen LogP contribution in [0.4, 0.5) is 4.79 Å². The lowest BCUT2D eigenvalue weighted by molar-refractivity contribution is 0.239. The van der Waals surface area contributed by atoms with E-state index in [0.717, 1.165) is 0 Å². The smallest absolute Gasteiger partial charge is 0.315 e. The Morgan fingerprint density at radius 3 is 3.20 bits per heavy atom. The van der Waals surface area contributed by atoms with Gasteiger partial charge in [0.25, 0.3) is 0 Å². The molecule has 0 aromatic heterocycles. The minimum absolute atomic E-state index is 0.196. The third kappa shape index (κ3) is 5.69. The molecule has 1 unspecified atom stereocenters. The van der Waals surface area contributed by atoms with Crippen molar-refractivity contribution < 1.29 is 11.6 Å². The van der Waals surface area contributed by atoms with Gasteiger partial charge in [0.2, 0.25) is 0 Å². The molecule has 3 nitrogen and oxygen atoms in total. The van der Waals surface area contributed by atoms with Crippen molar-refractivity contribution in [2.45, 2.75) is 19.8 Å². The second-order valence-electron chi connectivity index (χ2n) is 1.57. The van der Waals surface area contributed by atoms with Gasteiger partial charge < -0.3 is 10.6 Å². The first-order chi connectivity index (χ1) is 6.79. The summed E-state index contributed by atoms with van der Waals surface area (Å²) in [5, 5.41) is 4.34. The van der Waals surface area contributed by atoms with Gasteiger partial charge in [-0.05, 0) is 13.7 Å². The summed E-state index contributed by atoms with van der Waals surface area (Å²) >= 11 is 5.31. The van der Waals surface area contributed by atoms with Gasteiger partial charge in [-0.2, -0.15) is 0 Å². The minimum atomic E-state index is -2.56. The molecule has 0 spiro atoms. The number of hydrogen-bond acceptors (Lipinski definition) is 1. The highest BCUT2D eigenvalue weighted by Crippen LogP contribution is 1.76. The lowest BCUT2D eigenvalue weighted by atomic mass is 10.4. The second kappa shape index (κ2) is 5.35. The SMILES string of the molecule is [2H]C([2H])C(NC(=O)NCCCl)C([2H])([2H])[2H]. The maximum atomic E-state index is 11.1. The van der Waals surface area contributed by atoms with Gasteiger partial charge >= 0.3 is 6.03 Å². The second-order valence-corrected chi connectivity index (χ2v) is 1.94. The quantitative estimate of drug-likeness (QED) is 0.607. The molecule has 2 amide bonds. The number of amides is 2. The van der Waals surface area contributed by atoms with Crippen LogP contribution in [-0.2, 0) is 0 Å². The number of alkyl halides is 1. The summed E-state index contributed by atoms with van der Waals surface area (Å²) in [7, 11) is 0. The van der Waals surface area contributed by atoms with Gasteiger partial charge in [-0.15, -0.1) is 11.6 Å². The Morgan fingerprint density at radius 2 is 2.70 bits per heavy atom. The predicted octanol–water partition coefficient (Wildman–Crippen LogP) is 0.933. The fourth-order valence-corrected chi connectivity index (χ4v) is 0.448. The van der Waals surface area contributed by atoms with Crippen LogP contribution in [0.15, 0.2) is 0 Å². The zero-order valence-electron chi connectivity index (χ0n) is 10.4. The third-order valence-electron chi connectivity index (χ3n) is 0.667. The van der Waals surface area contributed by atoms with Crippen molar-refractivity contribution in [1.82, 2.24) is 10.6 Å². The monoisotopic (exact) mass is 169 g/mol. The maximum absolute atomic E-state index is 11.1. The summed E-state index contributed by atoms with van der Waals surface area (Å²) in [5.74, 6) is 0.205. The van der Waals surface area contributed by atoms with Crippen molar-refractivity contribution in [2.24, 2.45) is 0 Å². The van der Waals surface area contributed by atoms with Gasteiger partial charge in [0.05, 0.1) is 0 Å². The molecule has 10 heavy (non-hydrogen) atoms. The Labute approximate surface area is 73.2 Å². The van der Waals surface area contributed by atoms with Crippen LogP contribution in [0.3, 0.4) is 0 Å². The van der Waals surface area contributed by atoms with E-state index in [2.05, 4.69) is 5.32 Å². The molecule has 0 saturated heterocycles. The Balaban J connectivity index is 4.24. The fourth-order valence-electron chi connectivity index (χ4n) is 0.353. The van der Waals surface area contributed by atoms with Gasteiger partial charge in [-0.3, -0.25) is 0 Å². The Bertz CT molecular complexity index is 210. The van der Waals surface area contributed by atoms with E-state index in [1.54, 1.807) is 0 Å². The van der Waals surface area contributed by atoms with Crippen LogP contribution in [0, 0.1) is 0 Å². The predicted molar refractivity (Wildman–Crippen MR) is 42.4 cm³/mol. The number of hydrogen-bond donors (Lipinski definition) is 2. The van der Waals surface area contributed by atoms with E-state index in [1.165, 1.54) is 0 Å². The summed E-state index contributed by atoms with van der Waals surface area (Å²) < 4.78 is 35.0. The normalized spacial score (nSPS) is 21.2. The van der Waals surface area contributed by atoms with Crippen molar-refractivity contribution in [2.75, 3.05) is 12.4 Å². The van der Waals surface area contributed by atoms with Crippen LogP contribution in [0.5, 0.6) is 0 Å². The van der Waals surface area contributed by atoms with Gasteiger partial charge in [0.15, 0.2) is 0 Å². The highest BCUT2D eigenvalue weighted by atomic mass is 35.5. The van der Waals surface area contributed by atoms with Crippen molar-refractivity contribution in [1.29, 1.82) is 0 Å². The molecule has 0 radical (unpaired) electrons. The average Bonchev–Trinajstić information content (AvgIpc) is 2.08. The van der Waals surface area contributed by atoms with Gasteiger partial charge in [-0.1, -0.05) is 0 Å². The third-order valence-corrected chi connectivity index (χ3v) is 0.856. The van der Waals surface area contributed by atoms with Crippen LogP contribution in [0.2, 0.25) is 0 Å². The standard InChI is InChI=1S/C6H13ClN2O/c1-5(2)9-6(10)8-4-3-7/h5H,3-4H2,1-2H3,(H2,8,9,10)/i1D2,2D3. The first kappa shape index (κ1) is 3.81. The van der Waals surface area contributed by atoms with E-state index in [0.29, 0.717) is 0 Å². The Kier molecular flexibility index (Phi) is 2.04. The molecule has 0 saturated carbocycles. The van der Waals surface area contributed by atoms with E-state index >= 15 is 0 Å². The van der Waals surface area contributed by atoms with Gasteiger partial charge in [0.1, 0.15) is 0 Å². The molecule has 0 aliphatic heterocycles. The number of nitrogens with one attached hydrogen (secondary N) is 2. The topological polar surface area (TPSA) is 41.1 Å². The molecule has 60 valence electrons. The molecule has 0 aromatic rings. The number of urea groups is 1. The van der Waals surface area contributed by atoms with Crippen molar-refractivity contribution in [3.05, 3.63) is 0 Å². The first-order valence-electron chi connectivity index (χ1n) is 5.39. The summed E-state index contributed by atoms with van der Waals surface area (Å²) in [6.45, 7) is -4.02. The molecule has 4 heteroatoms. The molecule has 0 aliphatic rings. The van der Waals surface area contributed by atoms with Crippen LogP contribution in [0.1, 0.15) is 20.6 Å². The van der Waals surface area contributed by atoms with Crippen molar-refractivity contribution in [3.63, 3.8) is 0 Å². The molecule has 0 rings (SSSR count). The highest BCUT2D eigenvalue weighted by Gasteiger charge is 1.98. The zero-order chi connectivity index (χ0) is 12.1. The molecule has 0 heterocycles. The number of rotatable bonds is 3. The average molecular weight is 170 g/mol. The molecule has 0 bridgehead atoms. The largest absolute Gasteiger partial charge is 0.337 e. The molecule has 1 atom stereocenters. The lowest BCUT2D eigenvalue weighted by Crippen LogP contribution is -2.40. The van der Waals surface area contributed by atoms with E-state index in [9.17, 15) is 4.79 Å². The van der Waals surface area contributed by atoms with Gasteiger partial charge in [0, 0.05) is 25.3 Å². The van der Waals surface area contributed by atoms with Crippen LogP contribution < -0.4 is 10.6 Å². The first-order valence-corrected chi connectivity index (χ1v) is 3.27. The van der Waals surface area contributed by atoms with Crippen LogP contribution in [0.25, 0.3) is 0 Å². The highest BCUT2D eigenvalue weighted by molar-refractivity contribution is 6.18. The fraction of sp³-hybridized carbons (Fsp3) is 0.833.